The zero-order valence-corrected chi connectivity index (χ0v) is 9.54. The molecule has 1 heterocycles. The summed E-state index contributed by atoms with van der Waals surface area (Å²) in [5, 5.41) is 20.3. The molecule has 86 valence electrons. The molecule has 2 aromatic rings. The van der Waals surface area contributed by atoms with Gasteiger partial charge in [-0.2, -0.15) is 10.5 Å². The fourth-order valence-electron chi connectivity index (χ4n) is 1.56. The van der Waals surface area contributed by atoms with E-state index in [4.69, 9.17) is 10.5 Å². The van der Waals surface area contributed by atoms with E-state index < -0.39 is 0 Å². The van der Waals surface area contributed by atoms with Gasteiger partial charge in [0.25, 0.3) is 0 Å². The molecule has 0 saturated heterocycles. The molecule has 0 radical (unpaired) electrons. The van der Waals surface area contributed by atoms with Crippen LogP contribution >= 0.6 is 0 Å². The van der Waals surface area contributed by atoms with Crippen molar-refractivity contribution in [2.24, 2.45) is 0 Å². The molecule has 18 heavy (non-hydrogen) atoms. The van der Waals surface area contributed by atoms with Crippen molar-refractivity contribution in [1.82, 2.24) is 4.57 Å². The Morgan fingerprint density at radius 1 is 1.06 bits per heavy atom. The Bertz CT molecular complexity index is 623. The third kappa shape index (κ3) is 2.40. The molecule has 0 saturated carbocycles. The second-order valence-corrected chi connectivity index (χ2v) is 3.53. The smallest absolute Gasteiger partial charge is 0.145 e. The number of nitrogens with one attached hydrogen (secondary N) is 1. The highest BCUT2D eigenvalue weighted by molar-refractivity contribution is 5.63. The topological polar surface area (TPSA) is 64.5 Å². The van der Waals surface area contributed by atoms with Gasteiger partial charge in [-0.1, -0.05) is 12.1 Å². The number of allylic oxidation sites excluding steroid dienone is 1. The van der Waals surface area contributed by atoms with Gasteiger partial charge in [0.15, 0.2) is 0 Å². The van der Waals surface area contributed by atoms with Crippen molar-refractivity contribution in [1.29, 1.82) is 10.5 Å². The van der Waals surface area contributed by atoms with Gasteiger partial charge in [-0.3, -0.25) is 0 Å². The van der Waals surface area contributed by atoms with E-state index in [1.165, 1.54) is 6.20 Å². The third-order valence-electron chi connectivity index (χ3n) is 2.40. The van der Waals surface area contributed by atoms with Gasteiger partial charge in [-0.15, -0.1) is 0 Å². The first-order chi connectivity index (χ1) is 8.85. The maximum absolute atomic E-state index is 8.67. The van der Waals surface area contributed by atoms with Crippen LogP contribution in [0.25, 0.3) is 5.69 Å². The molecule has 1 aromatic carbocycles. The number of rotatable bonds is 3. The van der Waals surface area contributed by atoms with Gasteiger partial charge in [0.05, 0.1) is 11.4 Å². The maximum Gasteiger partial charge on any atom is 0.145 e. The van der Waals surface area contributed by atoms with Gasteiger partial charge < -0.3 is 9.88 Å². The van der Waals surface area contributed by atoms with Crippen LogP contribution in [-0.4, -0.2) is 4.57 Å². The van der Waals surface area contributed by atoms with Gasteiger partial charge in [0, 0.05) is 18.6 Å². The monoisotopic (exact) mass is 234 g/mol. The number of aromatic nitrogens is 1. The Kier molecular flexibility index (Phi) is 3.44. The van der Waals surface area contributed by atoms with E-state index in [0.717, 1.165) is 11.4 Å². The lowest BCUT2D eigenvalue weighted by Gasteiger charge is -2.09. The molecular weight excluding hydrogens is 224 g/mol. The number of hydrogen-bond donors (Lipinski definition) is 1. The van der Waals surface area contributed by atoms with E-state index in [-0.39, 0.29) is 5.57 Å². The lowest BCUT2D eigenvalue weighted by molar-refractivity contribution is 1.08. The number of nitrogens with zero attached hydrogens (tertiary/aromatic N) is 3. The van der Waals surface area contributed by atoms with Crippen LogP contribution in [0.3, 0.4) is 0 Å². The summed E-state index contributed by atoms with van der Waals surface area (Å²) in [5.74, 6) is 0. The minimum Gasteiger partial charge on any atom is -0.358 e. The van der Waals surface area contributed by atoms with Crippen molar-refractivity contribution in [3.05, 3.63) is 60.6 Å². The molecule has 0 bridgehead atoms. The molecule has 4 heteroatoms. The summed E-state index contributed by atoms with van der Waals surface area (Å²) in [4.78, 5) is 0. The lowest BCUT2D eigenvalue weighted by atomic mass is 10.2. The zero-order valence-electron chi connectivity index (χ0n) is 9.54. The van der Waals surface area contributed by atoms with Gasteiger partial charge in [-0.25, -0.2) is 0 Å². The van der Waals surface area contributed by atoms with Gasteiger partial charge >= 0.3 is 0 Å². The molecule has 0 aliphatic carbocycles. The van der Waals surface area contributed by atoms with Gasteiger partial charge in [0.1, 0.15) is 17.7 Å². The van der Waals surface area contributed by atoms with Crippen LogP contribution in [0.1, 0.15) is 0 Å². The Morgan fingerprint density at radius 3 is 2.39 bits per heavy atom. The summed E-state index contributed by atoms with van der Waals surface area (Å²) in [7, 11) is 0. The van der Waals surface area contributed by atoms with Crippen molar-refractivity contribution in [3.8, 4) is 17.8 Å². The molecule has 4 nitrogen and oxygen atoms in total. The van der Waals surface area contributed by atoms with Crippen molar-refractivity contribution in [2.75, 3.05) is 5.32 Å². The Labute approximate surface area is 105 Å². The average Bonchev–Trinajstić information content (AvgIpc) is 2.94. The summed E-state index contributed by atoms with van der Waals surface area (Å²) in [5.41, 5.74) is 1.82. The Morgan fingerprint density at radius 2 is 1.72 bits per heavy atom. The Hall–Kier alpha value is -2.98. The molecule has 0 spiro atoms. The van der Waals surface area contributed by atoms with E-state index in [0.29, 0.717) is 0 Å². The summed E-state index contributed by atoms with van der Waals surface area (Å²) in [6.45, 7) is 0. The van der Waals surface area contributed by atoms with Crippen LogP contribution in [0.5, 0.6) is 0 Å². The molecule has 0 fully saturated rings. The summed E-state index contributed by atoms with van der Waals surface area (Å²) in [6, 6.07) is 15.1. The molecule has 0 atom stereocenters. The standard InChI is InChI=1S/C14H10N4/c15-9-12(10-16)11-17-13-5-1-2-6-14(13)18-7-3-4-8-18/h1-8,11,17H. The number of benzene rings is 1. The SMILES string of the molecule is N#CC(C#N)=CNc1ccccc1-n1cccc1. The van der Waals surface area contributed by atoms with Crippen molar-refractivity contribution in [2.45, 2.75) is 0 Å². The summed E-state index contributed by atoms with van der Waals surface area (Å²) >= 11 is 0. The molecule has 0 aliphatic rings. The number of anilines is 1. The van der Waals surface area contributed by atoms with Crippen LogP contribution in [0.15, 0.2) is 60.6 Å². The highest BCUT2D eigenvalue weighted by atomic mass is 15.0. The van der Waals surface area contributed by atoms with E-state index in [9.17, 15) is 0 Å². The Balaban J connectivity index is 2.33. The minimum absolute atomic E-state index is 0.0392. The van der Waals surface area contributed by atoms with Gasteiger partial charge in [0.2, 0.25) is 0 Å². The summed E-state index contributed by atoms with van der Waals surface area (Å²) < 4.78 is 1.95. The largest absolute Gasteiger partial charge is 0.358 e. The van der Waals surface area contributed by atoms with E-state index in [2.05, 4.69) is 5.32 Å². The first-order valence-electron chi connectivity index (χ1n) is 5.34. The number of hydrogen-bond acceptors (Lipinski definition) is 3. The molecule has 2 rings (SSSR count). The van der Waals surface area contributed by atoms with Crippen LogP contribution in [0.4, 0.5) is 5.69 Å². The van der Waals surface area contributed by atoms with E-state index in [1.54, 1.807) is 12.1 Å². The second kappa shape index (κ2) is 5.38. The van der Waals surface area contributed by atoms with Crippen molar-refractivity contribution >= 4 is 5.69 Å². The average molecular weight is 234 g/mol. The van der Waals surface area contributed by atoms with E-state index >= 15 is 0 Å². The second-order valence-electron chi connectivity index (χ2n) is 3.53. The first-order valence-corrected chi connectivity index (χ1v) is 5.34. The predicted octanol–water partition coefficient (Wildman–Crippen LogP) is 2.82. The highest BCUT2D eigenvalue weighted by Gasteiger charge is 2.01. The van der Waals surface area contributed by atoms with Gasteiger partial charge in [-0.05, 0) is 24.3 Å². The van der Waals surface area contributed by atoms with Crippen LogP contribution in [0.2, 0.25) is 0 Å². The lowest BCUT2D eigenvalue weighted by Crippen LogP contribution is -1.97. The molecule has 1 N–H and O–H groups in total. The quantitative estimate of drug-likeness (QED) is 0.830. The maximum atomic E-state index is 8.67. The third-order valence-corrected chi connectivity index (χ3v) is 2.40. The number of nitriles is 2. The van der Waals surface area contributed by atoms with Crippen molar-refractivity contribution < 1.29 is 0 Å². The molecule has 0 aliphatic heterocycles. The first kappa shape index (κ1) is 11.5. The summed E-state index contributed by atoms with van der Waals surface area (Å²) in [6.07, 6.45) is 5.27. The van der Waals surface area contributed by atoms with Crippen LogP contribution < -0.4 is 5.32 Å². The predicted molar refractivity (Wildman–Crippen MR) is 68.7 cm³/mol. The minimum atomic E-state index is 0.0392. The fourth-order valence-corrected chi connectivity index (χ4v) is 1.56. The van der Waals surface area contributed by atoms with Crippen LogP contribution in [-0.2, 0) is 0 Å². The van der Waals surface area contributed by atoms with Crippen molar-refractivity contribution in [3.63, 3.8) is 0 Å². The highest BCUT2D eigenvalue weighted by Crippen LogP contribution is 2.20. The number of para-hydroxylation sites is 2. The molecular formula is C14H10N4. The van der Waals surface area contributed by atoms with E-state index in [1.807, 2.05) is 53.4 Å². The molecule has 0 amide bonds. The zero-order chi connectivity index (χ0) is 12.8. The molecule has 0 unspecified atom stereocenters. The van der Waals surface area contributed by atoms with Crippen LogP contribution in [0, 0.1) is 22.7 Å². The normalized spacial score (nSPS) is 9.00. The fraction of sp³-hybridized carbons (Fsp3) is 0. The molecule has 1 aromatic heterocycles.